The number of hydrogen-bond donors (Lipinski definition) is 2. The van der Waals surface area contributed by atoms with Crippen LogP contribution in [0.3, 0.4) is 0 Å². The highest BCUT2D eigenvalue weighted by molar-refractivity contribution is 14.1. The van der Waals surface area contributed by atoms with Gasteiger partial charge < -0.3 is 15.6 Å². The Balaban J connectivity index is 2.10. The number of halogens is 1. The second-order valence-corrected chi connectivity index (χ2v) is 6.27. The molecule has 1 aromatic carbocycles. The zero-order valence-corrected chi connectivity index (χ0v) is 13.6. The number of hydrogen-bond acceptors (Lipinski definition) is 4. The molecule has 0 radical (unpaired) electrons. The van der Waals surface area contributed by atoms with Crippen LogP contribution in [-0.2, 0) is 11.3 Å². The van der Waals surface area contributed by atoms with Crippen molar-refractivity contribution >= 4 is 28.5 Å². The molecule has 20 heavy (non-hydrogen) atoms. The number of methoxy groups -OCH3 is 1. The molecule has 1 amide bonds. The maximum absolute atomic E-state index is 11.3. The molecule has 2 rings (SSSR count). The summed E-state index contributed by atoms with van der Waals surface area (Å²) in [5.41, 5.74) is 6.46. The van der Waals surface area contributed by atoms with E-state index in [0.717, 1.165) is 35.1 Å². The molecule has 1 atom stereocenters. The summed E-state index contributed by atoms with van der Waals surface area (Å²) in [6.45, 7) is 2.40. The van der Waals surface area contributed by atoms with Crippen LogP contribution in [0.15, 0.2) is 12.1 Å². The molecule has 6 heteroatoms. The van der Waals surface area contributed by atoms with Crippen LogP contribution in [0.5, 0.6) is 11.5 Å². The molecule has 0 aromatic heterocycles. The number of phenols is 1. The van der Waals surface area contributed by atoms with Gasteiger partial charge in [0, 0.05) is 13.1 Å². The lowest BCUT2D eigenvalue weighted by Gasteiger charge is -2.31. The Morgan fingerprint density at radius 1 is 1.60 bits per heavy atom. The van der Waals surface area contributed by atoms with E-state index < -0.39 is 0 Å². The Morgan fingerprint density at radius 3 is 3.00 bits per heavy atom. The van der Waals surface area contributed by atoms with E-state index in [9.17, 15) is 9.90 Å². The number of ether oxygens (including phenoxy) is 1. The number of carbonyl (C=O) groups is 1. The number of likely N-dealkylation sites (tertiary alicyclic amines) is 1. The molecule has 3 N–H and O–H groups in total. The first-order chi connectivity index (χ1) is 9.51. The van der Waals surface area contributed by atoms with Crippen molar-refractivity contribution in [1.29, 1.82) is 0 Å². The lowest BCUT2D eigenvalue weighted by atomic mass is 9.97. The monoisotopic (exact) mass is 390 g/mol. The quantitative estimate of drug-likeness (QED) is 0.768. The van der Waals surface area contributed by atoms with Crippen molar-refractivity contribution in [3.63, 3.8) is 0 Å². The minimum atomic E-state index is -0.215. The number of carbonyl (C=O) groups excluding carboxylic acids is 1. The first kappa shape index (κ1) is 15.4. The molecule has 1 saturated heterocycles. The summed E-state index contributed by atoms with van der Waals surface area (Å²) in [6.07, 6.45) is 1.86. The maximum Gasteiger partial charge on any atom is 0.221 e. The highest BCUT2D eigenvalue weighted by Gasteiger charge is 2.24. The Kier molecular flexibility index (Phi) is 5.09. The molecule has 1 heterocycles. The zero-order chi connectivity index (χ0) is 14.7. The topological polar surface area (TPSA) is 75.8 Å². The fourth-order valence-corrected chi connectivity index (χ4v) is 3.23. The molecule has 0 bridgehead atoms. The van der Waals surface area contributed by atoms with Gasteiger partial charge in [0.15, 0.2) is 11.5 Å². The van der Waals surface area contributed by atoms with Gasteiger partial charge in [-0.3, -0.25) is 9.69 Å². The van der Waals surface area contributed by atoms with Crippen LogP contribution in [0.25, 0.3) is 0 Å². The van der Waals surface area contributed by atoms with Gasteiger partial charge in [0.2, 0.25) is 5.91 Å². The van der Waals surface area contributed by atoms with E-state index in [4.69, 9.17) is 10.5 Å². The third-order valence-corrected chi connectivity index (χ3v) is 4.44. The Bertz CT molecular complexity index is 507. The molecule has 0 aliphatic carbocycles. The second kappa shape index (κ2) is 6.62. The number of amides is 1. The van der Waals surface area contributed by atoms with Crippen molar-refractivity contribution in [3.05, 3.63) is 21.3 Å². The predicted molar refractivity (Wildman–Crippen MR) is 84.6 cm³/mol. The van der Waals surface area contributed by atoms with Crippen LogP contribution in [0.1, 0.15) is 18.4 Å². The minimum Gasteiger partial charge on any atom is -0.504 e. The van der Waals surface area contributed by atoms with E-state index >= 15 is 0 Å². The van der Waals surface area contributed by atoms with E-state index in [1.807, 2.05) is 12.1 Å². The Morgan fingerprint density at radius 2 is 2.35 bits per heavy atom. The smallest absolute Gasteiger partial charge is 0.221 e. The molecule has 1 fully saturated rings. The van der Waals surface area contributed by atoms with Gasteiger partial charge in [0.1, 0.15) is 0 Å². The maximum atomic E-state index is 11.3. The van der Waals surface area contributed by atoms with Crippen molar-refractivity contribution in [2.24, 2.45) is 11.7 Å². The molecule has 0 spiro atoms. The van der Waals surface area contributed by atoms with Crippen LogP contribution in [0.4, 0.5) is 0 Å². The molecule has 5 nitrogen and oxygen atoms in total. The SMILES string of the molecule is COc1cc(CN2CCC[C@@H](C(N)=O)C2)cc(I)c1O. The molecule has 110 valence electrons. The molecular formula is C14H19IN2O3. The van der Waals surface area contributed by atoms with E-state index in [1.54, 1.807) is 7.11 Å². The second-order valence-electron chi connectivity index (χ2n) is 5.11. The zero-order valence-electron chi connectivity index (χ0n) is 11.4. The number of phenolic OH excluding ortho intramolecular Hbond substituents is 1. The van der Waals surface area contributed by atoms with E-state index in [1.165, 1.54) is 0 Å². The van der Waals surface area contributed by atoms with Gasteiger partial charge in [-0.1, -0.05) is 0 Å². The molecule has 1 aliphatic heterocycles. The van der Waals surface area contributed by atoms with Gasteiger partial charge in [-0.25, -0.2) is 0 Å². The van der Waals surface area contributed by atoms with Gasteiger partial charge in [-0.15, -0.1) is 0 Å². The average molecular weight is 390 g/mol. The first-order valence-electron chi connectivity index (χ1n) is 6.58. The lowest BCUT2D eigenvalue weighted by molar-refractivity contribution is -0.123. The van der Waals surface area contributed by atoms with Crippen molar-refractivity contribution in [1.82, 2.24) is 4.90 Å². The Labute approximate surface area is 132 Å². The van der Waals surface area contributed by atoms with Crippen LogP contribution in [-0.4, -0.2) is 36.1 Å². The number of nitrogens with zero attached hydrogens (tertiary/aromatic N) is 1. The summed E-state index contributed by atoms with van der Waals surface area (Å²) >= 11 is 2.09. The third kappa shape index (κ3) is 3.54. The van der Waals surface area contributed by atoms with Crippen molar-refractivity contribution in [3.8, 4) is 11.5 Å². The number of aromatic hydroxyl groups is 1. The van der Waals surface area contributed by atoms with Gasteiger partial charge in [0.05, 0.1) is 16.6 Å². The molecule has 0 saturated carbocycles. The lowest BCUT2D eigenvalue weighted by Crippen LogP contribution is -2.40. The average Bonchev–Trinajstić information content (AvgIpc) is 2.43. The first-order valence-corrected chi connectivity index (χ1v) is 7.66. The number of piperidine rings is 1. The van der Waals surface area contributed by atoms with Crippen molar-refractivity contribution in [2.75, 3.05) is 20.2 Å². The third-order valence-electron chi connectivity index (χ3n) is 3.62. The number of primary amides is 1. The summed E-state index contributed by atoms with van der Waals surface area (Å²) < 4.78 is 5.93. The van der Waals surface area contributed by atoms with Gasteiger partial charge >= 0.3 is 0 Å². The van der Waals surface area contributed by atoms with Gasteiger partial charge in [-0.05, 0) is 59.7 Å². The van der Waals surface area contributed by atoms with Crippen molar-refractivity contribution in [2.45, 2.75) is 19.4 Å². The van der Waals surface area contributed by atoms with Gasteiger partial charge in [0.25, 0.3) is 0 Å². The standard InChI is InChI=1S/C14H19IN2O3/c1-20-12-6-9(5-11(15)13(12)18)7-17-4-2-3-10(8-17)14(16)19/h5-6,10,18H,2-4,7-8H2,1H3,(H2,16,19)/t10-/m1/s1. The summed E-state index contributed by atoms with van der Waals surface area (Å²) in [5.74, 6) is 0.385. The van der Waals surface area contributed by atoms with Crippen LogP contribution in [0.2, 0.25) is 0 Å². The van der Waals surface area contributed by atoms with Gasteiger partial charge in [-0.2, -0.15) is 0 Å². The summed E-state index contributed by atoms with van der Waals surface area (Å²) in [4.78, 5) is 13.5. The number of benzene rings is 1. The van der Waals surface area contributed by atoms with E-state index in [-0.39, 0.29) is 17.6 Å². The minimum absolute atomic E-state index is 0.0539. The van der Waals surface area contributed by atoms with E-state index in [0.29, 0.717) is 12.3 Å². The Hall–Kier alpha value is -1.02. The summed E-state index contributed by atoms with van der Waals surface area (Å²) in [7, 11) is 1.54. The highest BCUT2D eigenvalue weighted by Crippen LogP contribution is 2.33. The molecule has 1 aromatic rings. The highest BCUT2D eigenvalue weighted by atomic mass is 127. The van der Waals surface area contributed by atoms with Crippen molar-refractivity contribution < 1.29 is 14.6 Å². The van der Waals surface area contributed by atoms with Crippen LogP contribution < -0.4 is 10.5 Å². The summed E-state index contributed by atoms with van der Waals surface area (Å²) in [6, 6.07) is 3.78. The van der Waals surface area contributed by atoms with Crippen LogP contribution in [0, 0.1) is 9.49 Å². The summed E-state index contributed by atoms with van der Waals surface area (Å²) in [5, 5.41) is 9.84. The van der Waals surface area contributed by atoms with E-state index in [2.05, 4.69) is 27.5 Å². The van der Waals surface area contributed by atoms with Crippen LogP contribution >= 0.6 is 22.6 Å². The molecular weight excluding hydrogens is 371 g/mol. The fourth-order valence-electron chi connectivity index (χ4n) is 2.56. The molecule has 1 aliphatic rings. The molecule has 0 unspecified atom stereocenters. The largest absolute Gasteiger partial charge is 0.504 e. The normalized spacial score (nSPS) is 19.8. The number of rotatable bonds is 4. The fraction of sp³-hybridized carbons (Fsp3) is 0.500. The number of nitrogens with two attached hydrogens (primary N) is 1. The predicted octanol–water partition coefficient (Wildman–Crippen LogP) is 1.70.